The average Bonchev–Trinajstić information content (AvgIpc) is 3.45. The van der Waals surface area contributed by atoms with Crippen molar-refractivity contribution >= 4 is 29.2 Å². The van der Waals surface area contributed by atoms with E-state index in [1.807, 2.05) is 40.0 Å². The van der Waals surface area contributed by atoms with Gasteiger partial charge in [-0.1, -0.05) is 26.0 Å². The topological polar surface area (TPSA) is 119 Å². The van der Waals surface area contributed by atoms with Crippen LogP contribution >= 0.6 is 0 Å². The van der Waals surface area contributed by atoms with Crippen LogP contribution < -0.4 is 0 Å². The van der Waals surface area contributed by atoms with Gasteiger partial charge < -0.3 is 29.1 Å². The fourth-order valence-electron chi connectivity index (χ4n) is 6.15. The highest BCUT2D eigenvalue weighted by molar-refractivity contribution is 5.78. The van der Waals surface area contributed by atoms with Crippen LogP contribution in [-0.2, 0) is 19.0 Å². The van der Waals surface area contributed by atoms with Crippen LogP contribution in [0.3, 0.4) is 0 Å². The summed E-state index contributed by atoms with van der Waals surface area (Å²) in [6.07, 6.45) is 5.47. The number of amides is 1. The zero-order valence-electron chi connectivity index (χ0n) is 26.7. The fourth-order valence-corrected chi connectivity index (χ4v) is 6.15. The molecule has 11 nitrogen and oxygen atoms in total. The van der Waals surface area contributed by atoms with Crippen molar-refractivity contribution in [3.63, 3.8) is 0 Å². The minimum absolute atomic E-state index is 0.0669. The lowest BCUT2D eigenvalue weighted by Gasteiger charge is -2.33. The number of aliphatic hydroxyl groups excluding tert-OH is 1. The molecule has 2 fully saturated rings. The van der Waals surface area contributed by atoms with Gasteiger partial charge in [-0.25, -0.2) is 9.18 Å². The molecule has 0 radical (unpaired) electrons. The molecule has 45 heavy (non-hydrogen) atoms. The first-order valence-electron chi connectivity index (χ1n) is 16.1. The highest BCUT2D eigenvalue weighted by Gasteiger charge is 2.29. The molecule has 4 heterocycles. The van der Waals surface area contributed by atoms with E-state index in [9.17, 15) is 14.7 Å². The lowest BCUT2D eigenvalue weighted by molar-refractivity contribution is -0.151. The number of benzene rings is 1. The minimum atomic E-state index is -0.882. The minimum Gasteiger partial charge on any atom is -0.457 e. The molecule has 0 spiro atoms. The molecule has 1 N–H and O–H groups in total. The molecular formula is C33H46FN5O6. The molecule has 2 aromatic rings. The van der Waals surface area contributed by atoms with Crippen LogP contribution in [-0.4, -0.2) is 107 Å². The molecule has 1 aromatic heterocycles. The van der Waals surface area contributed by atoms with Crippen molar-refractivity contribution in [2.45, 2.75) is 77.2 Å². The van der Waals surface area contributed by atoms with Gasteiger partial charge in [0.2, 0.25) is 0 Å². The van der Waals surface area contributed by atoms with E-state index >= 15 is 4.39 Å². The predicted molar refractivity (Wildman–Crippen MR) is 167 cm³/mol. The molecule has 0 unspecified atom stereocenters. The second kappa shape index (κ2) is 14.8. The third kappa shape index (κ3) is 8.47. The van der Waals surface area contributed by atoms with Crippen molar-refractivity contribution in [2.75, 3.05) is 46.4 Å². The van der Waals surface area contributed by atoms with E-state index in [2.05, 4.69) is 15.1 Å². The van der Waals surface area contributed by atoms with E-state index in [-0.39, 0.29) is 35.9 Å². The summed E-state index contributed by atoms with van der Waals surface area (Å²) in [5, 5.41) is 19.6. The number of esters is 1. The Kier molecular flexibility index (Phi) is 10.9. The van der Waals surface area contributed by atoms with E-state index in [4.69, 9.17) is 14.2 Å². The lowest BCUT2D eigenvalue weighted by Crippen LogP contribution is -2.48. The van der Waals surface area contributed by atoms with E-state index in [0.717, 1.165) is 25.9 Å². The van der Waals surface area contributed by atoms with Crippen LogP contribution in [0.1, 0.15) is 64.5 Å². The molecule has 0 aliphatic carbocycles. The van der Waals surface area contributed by atoms with E-state index in [1.165, 1.54) is 6.07 Å². The third-order valence-electron chi connectivity index (χ3n) is 9.10. The van der Waals surface area contributed by atoms with Gasteiger partial charge >= 0.3 is 12.1 Å². The monoisotopic (exact) mass is 627 g/mol. The van der Waals surface area contributed by atoms with Gasteiger partial charge in [-0.2, -0.15) is 9.90 Å². The quantitative estimate of drug-likeness (QED) is 0.390. The van der Waals surface area contributed by atoms with Gasteiger partial charge in [0, 0.05) is 45.3 Å². The van der Waals surface area contributed by atoms with Crippen molar-refractivity contribution < 1.29 is 33.3 Å². The number of aliphatic hydroxyl groups is 1. The van der Waals surface area contributed by atoms with Gasteiger partial charge in [0.15, 0.2) is 5.82 Å². The van der Waals surface area contributed by atoms with Crippen LogP contribution in [0, 0.1) is 17.7 Å². The number of rotatable bonds is 4. The summed E-state index contributed by atoms with van der Waals surface area (Å²) < 4.78 is 32.5. The van der Waals surface area contributed by atoms with Crippen molar-refractivity contribution in [2.24, 2.45) is 11.8 Å². The fraction of sp³-hybridized carbons (Fsp3) is 0.636. The number of nitrogens with zero attached hydrogens (tertiary/aromatic N) is 5. The average molecular weight is 628 g/mol. The van der Waals surface area contributed by atoms with Gasteiger partial charge in [-0.15, -0.1) is 5.10 Å². The largest absolute Gasteiger partial charge is 0.457 e. The Morgan fingerprint density at radius 1 is 1.07 bits per heavy atom. The molecule has 12 heteroatoms. The summed E-state index contributed by atoms with van der Waals surface area (Å²) >= 11 is 0. The zero-order chi connectivity index (χ0) is 32.1. The molecule has 246 valence electrons. The first-order valence-corrected chi connectivity index (χ1v) is 16.1. The zero-order valence-corrected chi connectivity index (χ0v) is 26.7. The van der Waals surface area contributed by atoms with E-state index < -0.39 is 30.1 Å². The van der Waals surface area contributed by atoms with E-state index in [1.54, 1.807) is 21.8 Å². The maximum absolute atomic E-state index is 15.2. The van der Waals surface area contributed by atoms with Gasteiger partial charge in [-0.05, 0) is 74.9 Å². The number of ether oxygens (including phenoxy) is 3. The standard InChI is InChI=1S/C33H46FN5O6/c1-21-5-7-26(40)20-30(41)45-32(22(2)6-8-29(21)44-33(42)38-13-11-37(4)12-14-38)23(3)17-24-18-27(34)31-28(19-24)35-39(36-31)25-9-15-43-16-10-25/h6,8,17-19,21-22,25-26,29,32,40H,5,7,9-16,20H2,1-4H3/b8-6-,23-17+/t21-,22-,26+,29-,32-/m0/s1. The number of likely N-dealkylation sites (N-methyl/N-ethyl adjacent to an activating group) is 1. The Morgan fingerprint density at radius 2 is 1.80 bits per heavy atom. The van der Waals surface area contributed by atoms with Crippen LogP contribution in [0.4, 0.5) is 9.18 Å². The number of halogens is 1. The number of carbonyl (C=O) groups is 2. The number of cyclic esters (lactones) is 1. The number of fused-ring (bicyclic) bond motifs is 1. The van der Waals surface area contributed by atoms with Crippen molar-refractivity contribution in [1.29, 1.82) is 0 Å². The summed E-state index contributed by atoms with van der Waals surface area (Å²) in [5.41, 5.74) is 1.93. The van der Waals surface area contributed by atoms with Crippen LogP contribution in [0.15, 0.2) is 29.9 Å². The molecular weight excluding hydrogens is 581 g/mol. The Hall–Kier alpha value is -3.35. The number of piperazine rings is 1. The Balaban J connectivity index is 1.37. The number of hydrogen-bond acceptors (Lipinski definition) is 9. The molecule has 3 aliphatic heterocycles. The van der Waals surface area contributed by atoms with Crippen LogP contribution in [0.5, 0.6) is 0 Å². The molecule has 0 saturated carbocycles. The summed E-state index contributed by atoms with van der Waals surface area (Å²) in [4.78, 5) is 31.4. The number of hydrogen-bond donors (Lipinski definition) is 1. The predicted octanol–water partition coefficient (Wildman–Crippen LogP) is 4.36. The highest BCUT2D eigenvalue weighted by atomic mass is 19.1. The number of aromatic nitrogens is 3. The first kappa shape index (κ1) is 33.0. The summed E-state index contributed by atoms with van der Waals surface area (Å²) in [6, 6.07) is 3.25. The van der Waals surface area contributed by atoms with Crippen molar-refractivity contribution in [3.8, 4) is 0 Å². The lowest BCUT2D eigenvalue weighted by atomic mass is 9.91. The Bertz CT molecular complexity index is 1400. The molecule has 3 aliphatic rings. The normalized spacial score (nSPS) is 29.1. The molecule has 1 aromatic carbocycles. The number of carbonyl (C=O) groups excluding carboxylic acids is 2. The SMILES string of the molecule is C/C(=C\c1cc(F)c2nn(C3CCOCC3)nc2c1)[C@H]1OC(=O)C[C@H](O)CC[C@H](C)[C@@H](OC(=O)N2CCN(C)CC2)/C=C\[C@@H]1C. The maximum atomic E-state index is 15.2. The van der Waals surface area contributed by atoms with Crippen molar-refractivity contribution in [3.05, 3.63) is 41.2 Å². The molecule has 1 amide bonds. The third-order valence-corrected chi connectivity index (χ3v) is 9.10. The first-order chi connectivity index (χ1) is 21.6. The van der Waals surface area contributed by atoms with Gasteiger partial charge in [0.1, 0.15) is 23.2 Å². The summed E-state index contributed by atoms with van der Waals surface area (Å²) in [7, 11) is 2.03. The van der Waals surface area contributed by atoms with Crippen LogP contribution in [0.2, 0.25) is 0 Å². The Morgan fingerprint density at radius 3 is 2.53 bits per heavy atom. The second-order valence-electron chi connectivity index (χ2n) is 12.8. The van der Waals surface area contributed by atoms with Gasteiger partial charge in [0.25, 0.3) is 0 Å². The second-order valence-corrected chi connectivity index (χ2v) is 12.8. The molecule has 5 atom stereocenters. The summed E-state index contributed by atoms with van der Waals surface area (Å²) in [6.45, 7) is 9.78. The summed E-state index contributed by atoms with van der Waals surface area (Å²) in [5.74, 6) is -1.36. The highest BCUT2D eigenvalue weighted by Crippen LogP contribution is 2.28. The smallest absolute Gasteiger partial charge is 0.410 e. The molecule has 2 saturated heterocycles. The van der Waals surface area contributed by atoms with Gasteiger partial charge in [-0.3, -0.25) is 4.79 Å². The molecule has 0 bridgehead atoms. The van der Waals surface area contributed by atoms with Gasteiger partial charge in [0.05, 0.1) is 18.6 Å². The van der Waals surface area contributed by atoms with Crippen molar-refractivity contribution in [1.82, 2.24) is 24.8 Å². The Labute approximate surface area is 264 Å². The van der Waals surface area contributed by atoms with E-state index in [0.29, 0.717) is 55.8 Å². The maximum Gasteiger partial charge on any atom is 0.410 e. The van der Waals surface area contributed by atoms with Crippen LogP contribution in [0.25, 0.3) is 17.1 Å². The molecule has 5 rings (SSSR count).